The zero-order valence-corrected chi connectivity index (χ0v) is 8.60. The number of hydrogen-bond acceptors (Lipinski definition) is 1. The molecule has 0 radical (unpaired) electrons. The highest BCUT2D eigenvalue weighted by molar-refractivity contribution is 4.92. The Morgan fingerprint density at radius 3 is 2.33 bits per heavy atom. The van der Waals surface area contributed by atoms with Crippen molar-refractivity contribution in [3.8, 4) is 0 Å². The lowest BCUT2D eigenvalue weighted by atomic mass is 9.98. The number of hydrogen-bond donors (Lipinski definition) is 0. The number of nitrogens with zero attached hydrogens (tertiary/aromatic N) is 1. The van der Waals surface area contributed by atoms with Crippen LogP contribution in [-0.2, 0) is 0 Å². The van der Waals surface area contributed by atoms with Crippen molar-refractivity contribution in [2.45, 2.75) is 58.3 Å². The zero-order chi connectivity index (χ0) is 9.35. The van der Waals surface area contributed by atoms with E-state index in [1.165, 1.54) is 0 Å². The Morgan fingerprint density at radius 2 is 2.00 bits per heavy atom. The van der Waals surface area contributed by atoms with Crippen LogP contribution in [0.5, 0.6) is 0 Å². The summed E-state index contributed by atoms with van der Waals surface area (Å²) in [6, 6.07) is 0.616. The largest absolute Gasteiger partial charge is 0.295 e. The van der Waals surface area contributed by atoms with Crippen molar-refractivity contribution in [3.63, 3.8) is 0 Å². The fourth-order valence-corrected chi connectivity index (χ4v) is 2.14. The van der Waals surface area contributed by atoms with Gasteiger partial charge in [0.15, 0.2) is 0 Å². The van der Waals surface area contributed by atoms with E-state index in [4.69, 9.17) is 0 Å². The van der Waals surface area contributed by atoms with Crippen LogP contribution in [-0.4, -0.2) is 29.2 Å². The quantitative estimate of drug-likeness (QED) is 0.620. The summed E-state index contributed by atoms with van der Waals surface area (Å²) < 4.78 is 13.7. The van der Waals surface area contributed by atoms with Gasteiger partial charge >= 0.3 is 0 Å². The van der Waals surface area contributed by atoms with Gasteiger partial charge in [0, 0.05) is 12.1 Å². The van der Waals surface area contributed by atoms with Crippen molar-refractivity contribution in [1.29, 1.82) is 0 Å². The van der Waals surface area contributed by atoms with Crippen LogP contribution in [0.4, 0.5) is 4.39 Å². The number of halogens is 1. The summed E-state index contributed by atoms with van der Waals surface area (Å²) in [5.74, 6) is 0. The molecule has 0 bridgehead atoms. The maximum Gasteiger partial charge on any atom is 0.120 e. The first kappa shape index (κ1) is 9.97. The minimum atomic E-state index is -1.04. The van der Waals surface area contributed by atoms with Crippen molar-refractivity contribution in [2.24, 2.45) is 0 Å². The molecule has 0 saturated carbocycles. The number of rotatable bonds is 2. The minimum Gasteiger partial charge on any atom is -0.295 e. The smallest absolute Gasteiger partial charge is 0.120 e. The van der Waals surface area contributed by atoms with Gasteiger partial charge < -0.3 is 0 Å². The molecule has 0 N–H and O–H groups in total. The topological polar surface area (TPSA) is 3.24 Å². The summed E-state index contributed by atoms with van der Waals surface area (Å²) in [4.78, 5) is 2.28. The van der Waals surface area contributed by atoms with Gasteiger partial charge in [-0.05, 0) is 47.1 Å². The fourth-order valence-electron chi connectivity index (χ4n) is 2.14. The molecule has 1 nitrogen and oxygen atoms in total. The van der Waals surface area contributed by atoms with Crippen molar-refractivity contribution >= 4 is 0 Å². The second-order valence-electron chi connectivity index (χ2n) is 4.55. The third-order valence-corrected chi connectivity index (χ3v) is 2.75. The summed E-state index contributed by atoms with van der Waals surface area (Å²) >= 11 is 0. The van der Waals surface area contributed by atoms with Crippen molar-refractivity contribution in [1.82, 2.24) is 4.90 Å². The third-order valence-electron chi connectivity index (χ3n) is 2.75. The van der Waals surface area contributed by atoms with Crippen LogP contribution in [0.1, 0.15) is 40.5 Å². The highest BCUT2D eigenvalue weighted by Crippen LogP contribution is 2.30. The van der Waals surface area contributed by atoms with Crippen LogP contribution in [0, 0.1) is 0 Å². The minimum absolute atomic E-state index is 0.137. The average Bonchev–Trinajstić information content (AvgIpc) is 2.30. The highest BCUT2D eigenvalue weighted by atomic mass is 19.1. The van der Waals surface area contributed by atoms with Crippen molar-refractivity contribution < 1.29 is 4.39 Å². The zero-order valence-electron chi connectivity index (χ0n) is 8.60. The monoisotopic (exact) mass is 173 g/mol. The molecule has 72 valence electrons. The fraction of sp³-hybridized carbons (Fsp3) is 1.00. The van der Waals surface area contributed by atoms with Crippen molar-refractivity contribution in [2.75, 3.05) is 6.54 Å². The first-order valence-corrected chi connectivity index (χ1v) is 4.87. The molecule has 1 aliphatic rings. The van der Waals surface area contributed by atoms with E-state index in [1.54, 1.807) is 13.8 Å². The predicted octanol–water partition coefficient (Wildman–Crippen LogP) is 2.61. The first-order chi connectivity index (χ1) is 5.43. The third kappa shape index (κ3) is 1.98. The van der Waals surface area contributed by atoms with Gasteiger partial charge in [0.05, 0.1) is 0 Å². The molecule has 1 saturated heterocycles. The standard InChI is InChI=1S/C10H20FN/c1-8(2)12-7-5-6-9(12)10(3,4)11/h8-9H,5-7H2,1-4H3/t9-/m0/s1. The Bertz CT molecular complexity index is 148. The molecule has 0 unspecified atom stereocenters. The molecule has 1 fully saturated rings. The van der Waals surface area contributed by atoms with Crippen LogP contribution >= 0.6 is 0 Å². The van der Waals surface area contributed by atoms with Gasteiger partial charge in [-0.25, -0.2) is 4.39 Å². The van der Waals surface area contributed by atoms with E-state index in [-0.39, 0.29) is 6.04 Å². The van der Waals surface area contributed by atoms with Crippen LogP contribution in [0.3, 0.4) is 0 Å². The summed E-state index contributed by atoms with van der Waals surface area (Å²) in [7, 11) is 0. The van der Waals surface area contributed by atoms with Crippen LogP contribution in [0.25, 0.3) is 0 Å². The molecular formula is C10H20FN. The van der Waals surface area contributed by atoms with Gasteiger partial charge in [0.2, 0.25) is 0 Å². The average molecular weight is 173 g/mol. The van der Waals surface area contributed by atoms with E-state index in [2.05, 4.69) is 18.7 Å². The Kier molecular flexibility index (Phi) is 2.77. The summed E-state index contributed by atoms with van der Waals surface area (Å²) in [6.07, 6.45) is 2.16. The maximum atomic E-state index is 13.7. The predicted molar refractivity (Wildman–Crippen MR) is 50.1 cm³/mol. The van der Waals surface area contributed by atoms with Gasteiger partial charge in [0.25, 0.3) is 0 Å². The van der Waals surface area contributed by atoms with Gasteiger partial charge in [-0.1, -0.05) is 0 Å². The van der Waals surface area contributed by atoms with E-state index >= 15 is 0 Å². The van der Waals surface area contributed by atoms with Crippen LogP contribution < -0.4 is 0 Å². The van der Waals surface area contributed by atoms with Gasteiger partial charge in [0.1, 0.15) is 5.67 Å². The van der Waals surface area contributed by atoms with Gasteiger partial charge in [-0.2, -0.15) is 0 Å². The Hall–Kier alpha value is -0.110. The molecule has 1 rings (SSSR count). The molecule has 1 heterocycles. The molecule has 0 aromatic carbocycles. The Morgan fingerprint density at radius 1 is 1.42 bits per heavy atom. The molecule has 0 aromatic heterocycles. The number of alkyl halides is 1. The molecule has 0 aliphatic carbocycles. The lowest BCUT2D eigenvalue weighted by Gasteiger charge is -2.34. The molecule has 12 heavy (non-hydrogen) atoms. The summed E-state index contributed by atoms with van der Waals surface area (Å²) in [5, 5.41) is 0. The molecular weight excluding hydrogens is 153 g/mol. The normalized spacial score (nSPS) is 27.0. The first-order valence-electron chi connectivity index (χ1n) is 4.87. The molecule has 1 atom stereocenters. The lowest BCUT2D eigenvalue weighted by Crippen LogP contribution is -2.45. The molecule has 2 heteroatoms. The van der Waals surface area contributed by atoms with Crippen LogP contribution in [0.15, 0.2) is 0 Å². The lowest BCUT2D eigenvalue weighted by molar-refractivity contribution is 0.0605. The Balaban J connectivity index is 2.64. The van der Waals surface area contributed by atoms with Crippen LogP contribution in [0.2, 0.25) is 0 Å². The Labute approximate surface area is 74.9 Å². The second-order valence-corrected chi connectivity index (χ2v) is 4.55. The van der Waals surface area contributed by atoms with E-state index < -0.39 is 5.67 Å². The van der Waals surface area contributed by atoms with E-state index in [0.717, 1.165) is 19.4 Å². The van der Waals surface area contributed by atoms with Crippen molar-refractivity contribution in [3.05, 3.63) is 0 Å². The summed E-state index contributed by atoms with van der Waals surface area (Å²) in [6.45, 7) is 8.74. The van der Waals surface area contributed by atoms with E-state index in [1.807, 2.05) is 0 Å². The van der Waals surface area contributed by atoms with Gasteiger partial charge in [-0.15, -0.1) is 0 Å². The SMILES string of the molecule is CC(C)N1CCC[C@H]1C(C)(C)F. The molecule has 0 aromatic rings. The second kappa shape index (κ2) is 3.33. The van der Waals surface area contributed by atoms with Gasteiger partial charge in [-0.3, -0.25) is 4.90 Å². The van der Waals surface area contributed by atoms with E-state index in [9.17, 15) is 4.39 Å². The number of likely N-dealkylation sites (tertiary alicyclic amines) is 1. The molecule has 0 spiro atoms. The highest BCUT2D eigenvalue weighted by Gasteiger charge is 2.38. The molecule has 1 aliphatic heterocycles. The summed E-state index contributed by atoms with van der Waals surface area (Å²) in [5.41, 5.74) is -1.04. The molecule has 0 amide bonds. The van der Waals surface area contributed by atoms with E-state index in [0.29, 0.717) is 6.04 Å². The maximum absolute atomic E-state index is 13.7.